The maximum atomic E-state index is 5.97. The number of nitrogens with one attached hydrogen (secondary N) is 1. The fourth-order valence-electron chi connectivity index (χ4n) is 2.58. The van der Waals surface area contributed by atoms with Crippen molar-refractivity contribution < 1.29 is 4.42 Å². The number of hydrogen-bond donors (Lipinski definition) is 1. The lowest BCUT2D eigenvalue weighted by molar-refractivity contribution is 0.589. The Morgan fingerprint density at radius 1 is 1.05 bits per heavy atom. The molecule has 1 heterocycles. The number of oxazole rings is 1. The van der Waals surface area contributed by atoms with Gasteiger partial charge in [-0.25, -0.2) is 4.98 Å². The zero-order valence-corrected chi connectivity index (χ0v) is 13.8. The molecule has 0 bridgehead atoms. The summed E-state index contributed by atoms with van der Waals surface area (Å²) in [6, 6.07) is 12.5. The third-order valence-corrected chi connectivity index (χ3v) is 3.96. The Balaban J connectivity index is 2.05. The number of rotatable bonds is 2. The van der Waals surface area contributed by atoms with Crippen molar-refractivity contribution in [1.82, 2.24) is 4.98 Å². The Bertz CT molecular complexity index is 808. The van der Waals surface area contributed by atoms with E-state index in [1.54, 1.807) is 0 Å². The van der Waals surface area contributed by atoms with Crippen LogP contribution in [-0.2, 0) is 5.41 Å². The van der Waals surface area contributed by atoms with E-state index in [9.17, 15) is 0 Å². The van der Waals surface area contributed by atoms with Crippen molar-refractivity contribution in [1.29, 1.82) is 0 Å². The first-order chi connectivity index (χ1) is 10.4. The second kappa shape index (κ2) is 5.16. The molecule has 0 amide bonds. The largest absolute Gasteiger partial charge is 0.436 e. The minimum Gasteiger partial charge on any atom is -0.436 e. The minimum absolute atomic E-state index is 0.151. The SMILES string of the molecule is CNc1cc(C)c2oc(-c3ccc(C(C)(C)C)cc3)nc2c1. The first-order valence-corrected chi connectivity index (χ1v) is 7.58. The molecule has 0 atom stereocenters. The summed E-state index contributed by atoms with van der Waals surface area (Å²) in [5, 5.41) is 3.15. The van der Waals surface area contributed by atoms with Crippen molar-refractivity contribution >= 4 is 16.8 Å². The van der Waals surface area contributed by atoms with Gasteiger partial charge in [0.15, 0.2) is 5.58 Å². The molecule has 22 heavy (non-hydrogen) atoms. The minimum atomic E-state index is 0.151. The van der Waals surface area contributed by atoms with Gasteiger partial charge in [-0.3, -0.25) is 0 Å². The summed E-state index contributed by atoms with van der Waals surface area (Å²) in [7, 11) is 1.91. The lowest BCUT2D eigenvalue weighted by atomic mass is 9.87. The van der Waals surface area contributed by atoms with Crippen LogP contribution in [0.25, 0.3) is 22.6 Å². The van der Waals surface area contributed by atoms with Crippen molar-refractivity contribution in [3.63, 3.8) is 0 Å². The Hall–Kier alpha value is -2.29. The Labute approximate surface area is 131 Å². The van der Waals surface area contributed by atoms with E-state index in [0.717, 1.165) is 27.9 Å². The van der Waals surface area contributed by atoms with Gasteiger partial charge in [0.05, 0.1) is 0 Å². The first kappa shape index (κ1) is 14.6. The maximum absolute atomic E-state index is 5.97. The van der Waals surface area contributed by atoms with Crippen LogP contribution in [0.4, 0.5) is 5.69 Å². The highest BCUT2D eigenvalue weighted by Gasteiger charge is 2.15. The van der Waals surface area contributed by atoms with Gasteiger partial charge in [-0.2, -0.15) is 0 Å². The fraction of sp³-hybridized carbons (Fsp3) is 0.316. The van der Waals surface area contributed by atoms with Gasteiger partial charge in [0, 0.05) is 18.3 Å². The highest BCUT2D eigenvalue weighted by Crippen LogP contribution is 2.30. The van der Waals surface area contributed by atoms with Gasteiger partial charge < -0.3 is 9.73 Å². The molecule has 0 aliphatic heterocycles. The molecule has 0 spiro atoms. The molecule has 0 aliphatic rings. The summed E-state index contributed by atoms with van der Waals surface area (Å²) >= 11 is 0. The van der Waals surface area contributed by atoms with Crippen LogP contribution in [0.3, 0.4) is 0 Å². The lowest BCUT2D eigenvalue weighted by Gasteiger charge is -2.18. The molecule has 1 aromatic heterocycles. The van der Waals surface area contributed by atoms with Crippen LogP contribution in [0.2, 0.25) is 0 Å². The molecular formula is C19H22N2O. The van der Waals surface area contributed by atoms with Gasteiger partial charge in [-0.05, 0) is 47.7 Å². The number of fused-ring (bicyclic) bond motifs is 1. The normalized spacial score (nSPS) is 11.9. The molecule has 3 heteroatoms. The molecule has 0 saturated heterocycles. The van der Waals surface area contributed by atoms with Crippen molar-refractivity contribution in [2.45, 2.75) is 33.1 Å². The van der Waals surface area contributed by atoms with Crippen LogP contribution in [0.1, 0.15) is 31.9 Å². The number of aromatic nitrogens is 1. The van der Waals surface area contributed by atoms with E-state index in [-0.39, 0.29) is 5.41 Å². The van der Waals surface area contributed by atoms with Crippen LogP contribution in [0.15, 0.2) is 40.8 Å². The highest BCUT2D eigenvalue weighted by molar-refractivity contribution is 5.83. The van der Waals surface area contributed by atoms with E-state index in [2.05, 4.69) is 61.4 Å². The molecule has 3 rings (SSSR count). The van der Waals surface area contributed by atoms with Crippen molar-refractivity contribution in [2.24, 2.45) is 0 Å². The summed E-state index contributed by atoms with van der Waals surface area (Å²) in [5.41, 5.74) is 6.35. The Kier molecular flexibility index (Phi) is 3.44. The van der Waals surface area contributed by atoms with Crippen LogP contribution in [-0.4, -0.2) is 12.0 Å². The van der Waals surface area contributed by atoms with Gasteiger partial charge in [-0.1, -0.05) is 32.9 Å². The van der Waals surface area contributed by atoms with E-state index in [0.29, 0.717) is 5.89 Å². The topological polar surface area (TPSA) is 38.1 Å². The van der Waals surface area contributed by atoms with Gasteiger partial charge in [0.25, 0.3) is 0 Å². The van der Waals surface area contributed by atoms with E-state index in [1.807, 2.05) is 20.0 Å². The zero-order chi connectivity index (χ0) is 15.9. The summed E-state index contributed by atoms with van der Waals surface area (Å²) < 4.78 is 5.97. The first-order valence-electron chi connectivity index (χ1n) is 7.58. The predicted octanol–water partition coefficient (Wildman–Crippen LogP) is 5.14. The summed E-state index contributed by atoms with van der Waals surface area (Å²) in [6.07, 6.45) is 0. The smallest absolute Gasteiger partial charge is 0.227 e. The average Bonchev–Trinajstić information content (AvgIpc) is 2.91. The molecule has 0 aliphatic carbocycles. The van der Waals surface area contributed by atoms with Crippen molar-refractivity contribution in [3.8, 4) is 11.5 Å². The van der Waals surface area contributed by atoms with Crippen molar-refractivity contribution in [3.05, 3.63) is 47.5 Å². The average molecular weight is 294 g/mol. The summed E-state index contributed by atoms with van der Waals surface area (Å²) in [6.45, 7) is 8.68. The lowest BCUT2D eigenvalue weighted by Crippen LogP contribution is -2.10. The van der Waals surface area contributed by atoms with E-state index >= 15 is 0 Å². The van der Waals surface area contributed by atoms with Crippen LogP contribution < -0.4 is 5.32 Å². The molecule has 114 valence electrons. The molecule has 1 N–H and O–H groups in total. The third kappa shape index (κ3) is 2.59. The third-order valence-electron chi connectivity index (χ3n) is 3.96. The molecule has 3 nitrogen and oxygen atoms in total. The quantitative estimate of drug-likeness (QED) is 0.711. The maximum Gasteiger partial charge on any atom is 0.227 e. The molecule has 0 radical (unpaired) electrons. The van der Waals surface area contributed by atoms with Crippen molar-refractivity contribution in [2.75, 3.05) is 12.4 Å². The molecule has 0 fully saturated rings. The molecule has 0 saturated carbocycles. The summed E-state index contributed by atoms with van der Waals surface area (Å²) in [5.74, 6) is 0.673. The monoisotopic (exact) mass is 294 g/mol. The number of aryl methyl sites for hydroxylation is 1. The van der Waals surface area contributed by atoms with Gasteiger partial charge in [-0.15, -0.1) is 0 Å². The number of benzene rings is 2. The highest BCUT2D eigenvalue weighted by atomic mass is 16.3. The van der Waals surface area contributed by atoms with Crippen LogP contribution in [0.5, 0.6) is 0 Å². The number of hydrogen-bond acceptors (Lipinski definition) is 3. The van der Waals surface area contributed by atoms with Crippen LogP contribution >= 0.6 is 0 Å². The molecule has 0 unspecified atom stereocenters. The number of nitrogens with zero attached hydrogens (tertiary/aromatic N) is 1. The van der Waals surface area contributed by atoms with E-state index < -0.39 is 0 Å². The van der Waals surface area contributed by atoms with Gasteiger partial charge in [0.1, 0.15) is 5.52 Å². The molecule has 3 aromatic rings. The Morgan fingerprint density at radius 3 is 2.32 bits per heavy atom. The second-order valence-corrected chi connectivity index (χ2v) is 6.74. The molecule has 2 aromatic carbocycles. The predicted molar refractivity (Wildman–Crippen MR) is 92.4 cm³/mol. The Morgan fingerprint density at radius 2 is 1.73 bits per heavy atom. The second-order valence-electron chi connectivity index (χ2n) is 6.74. The number of anilines is 1. The summed E-state index contributed by atoms with van der Waals surface area (Å²) in [4.78, 5) is 4.64. The zero-order valence-electron chi connectivity index (χ0n) is 13.8. The molecular weight excluding hydrogens is 272 g/mol. The van der Waals surface area contributed by atoms with E-state index in [1.165, 1.54) is 5.56 Å². The van der Waals surface area contributed by atoms with E-state index in [4.69, 9.17) is 4.42 Å². The standard InChI is InChI=1S/C19H22N2O/c1-12-10-15(20-5)11-16-17(12)22-18(21-16)13-6-8-14(9-7-13)19(2,3)4/h6-11,20H,1-5H3. The fourth-order valence-corrected chi connectivity index (χ4v) is 2.58. The van der Waals surface area contributed by atoms with Gasteiger partial charge in [0.2, 0.25) is 5.89 Å². The van der Waals surface area contributed by atoms with Gasteiger partial charge >= 0.3 is 0 Å². The van der Waals surface area contributed by atoms with Crippen LogP contribution in [0, 0.1) is 6.92 Å².